The van der Waals surface area contributed by atoms with Crippen molar-refractivity contribution in [1.82, 2.24) is 9.80 Å². The van der Waals surface area contributed by atoms with Gasteiger partial charge in [0.05, 0.1) is 6.04 Å². The van der Waals surface area contributed by atoms with Crippen LogP contribution in [0, 0.1) is 5.92 Å². The van der Waals surface area contributed by atoms with Crippen LogP contribution >= 0.6 is 0 Å². The fourth-order valence-electron chi connectivity index (χ4n) is 4.75. The van der Waals surface area contributed by atoms with Crippen LogP contribution in [0.4, 0.5) is 5.69 Å². The first-order valence-electron chi connectivity index (χ1n) is 11.9. The van der Waals surface area contributed by atoms with Gasteiger partial charge < -0.3 is 10.2 Å². The molecule has 2 saturated heterocycles. The zero-order valence-electron chi connectivity index (χ0n) is 19.0. The molecule has 5 nitrogen and oxygen atoms in total. The molecule has 2 unspecified atom stereocenters. The summed E-state index contributed by atoms with van der Waals surface area (Å²) in [6.45, 7) is 9.82. The van der Waals surface area contributed by atoms with E-state index in [9.17, 15) is 9.59 Å². The van der Waals surface area contributed by atoms with E-state index in [1.165, 1.54) is 18.4 Å². The van der Waals surface area contributed by atoms with Crippen molar-refractivity contribution in [2.75, 3.05) is 31.5 Å². The Morgan fingerprint density at radius 2 is 1.63 bits per heavy atom. The molecular weight excluding hydrogens is 374 g/mol. The van der Waals surface area contributed by atoms with Crippen LogP contribution in [0.15, 0.2) is 24.3 Å². The Hall–Kier alpha value is -1.88. The summed E-state index contributed by atoms with van der Waals surface area (Å²) in [4.78, 5) is 30.2. The first-order valence-corrected chi connectivity index (χ1v) is 11.9. The summed E-state index contributed by atoms with van der Waals surface area (Å²) in [6.07, 6.45) is 7.53. The quantitative estimate of drug-likeness (QED) is 0.739. The molecule has 1 aromatic rings. The average Bonchev–Trinajstić information content (AvgIpc) is 3.07. The van der Waals surface area contributed by atoms with Crippen molar-refractivity contribution >= 4 is 17.5 Å². The lowest BCUT2D eigenvalue weighted by Gasteiger charge is -2.36. The number of carbonyl (C=O) groups excluding carboxylic acids is 2. The normalized spacial score (nSPS) is 21.0. The number of carbonyl (C=O) groups is 2. The molecule has 30 heavy (non-hydrogen) atoms. The number of hydrogen-bond donors (Lipinski definition) is 1. The first-order chi connectivity index (χ1) is 14.5. The highest BCUT2D eigenvalue weighted by molar-refractivity contribution is 5.95. The Labute approximate surface area is 182 Å². The number of likely N-dealkylation sites (tertiary alicyclic amines) is 2. The van der Waals surface area contributed by atoms with Gasteiger partial charge in [-0.25, -0.2) is 0 Å². The van der Waals surface area contributed by atoms with Crippen molar-refractivity contribution in [3.8, 4) is 0 Å². The van der Waals surface area contributed by atoms with Crippen LogP contribution < -0.4 is 5.32 Å². The lowest BCUT2D eigenvalue weighted by atomic mass is 9.94. The highest BCUT2D eigenvalue weighted by Crippen LogP contribution is 2.27. The third-order valence-corrected chi connectivity index (χ3v) is 7.09. The van der Waals surface area contributed by atoms with Crippen molar-refractivity contribution in [2.24, 2.45) is 5.92 Å². The molecule has 2 fully saturated rings. The van der Waals surface area contributed by atoms with Crippen LogP contribution in [0.2, 0.25) is 0 Å². The van der Waals surface area contributed by atoms with E-state index in [1.54, 1.807) is 0 Å². The molecule has 3 rings (SSSR count). The third-order valence-electron chi connectivity index (χ3n) is 7.09. The Balaban J connectivity index is 1.53. The first kappa shape index (κ1) is 22.8. The summed E-state index contributed by atoms with van der Waals surface area (Å²) < 4.78 is 0. The summed E-state index contributed by atoms with van der Waals surface area (Å²) in [6, 6.07) is 7.93. The average molecular weight is 414 g/mol. The maximum Gasteiger partial charge on any atom is 0.241 e. The van der Waals surface area contributed by atoms with Gasteiger partial charge >= 0.3 is 0 Å². The number of nitrogens with one attached hydrogen (secondary N) is 1. The van der Waals surface area contributed by atoms with Crippen molar-refractivity contribution in [2.45, 2.75) is 77.7 Å². The predicted octanol–water partition coefficient (Wildman–Crippen LogP) is 4.64. The standard InChI is InChI=1S/C25H39N3O2/c1-4-19(2)22-11-7-8-12-23(22)26-24(29)20(3)27-17-13-21(14-18-27)25(30)28-15-9-5-6-10-16-28/h7-8,11-12,19-21H,4-6,9-10,13-18H2,1-3H3,(H,26,29). The SMILES string of the molecule is CCC(C)c1ccccc1NC(=O)C(C)N1CCC(C(=O)N2CCCCCC2)CC1. The van der Waals surface area contributed by atoms with Crippen LogP contribution in [0.3, 0.4) is 0 Å². The molecule has 0 saturated carbocycles. The van der Waals surface area contributed by atoms with E-state index in [0.717, 1.165) is 64.0 Å². The number of benzene rings is 1. The Bertz CT molecular complexity index is 704. The third kappa shape index (κ3) is 5.63. The molecule has 2 aliphatic rings. The second kappa shape index (κ2) is 10.9. The Kier molecular flexibility index (Phi) is 8.32. The topological polar surface area (TPSA) is 52.7 Å². The van der Waals surface area contributed by atoms with Gasteiger partial charge in [-0.15, -0.1) is 0 Å². The van der Waals surface area contributed by atoms with Crippen LogP contribution in [0.5, 0.6) is 0 Å². The zero-order chi connectivity index (χ0) is 21.5. The maximum absolute atomic E-state index is 12.9. The maximum atomic E-state index is 12.9. The van der Waals surface area contributed by atoms with Gasteiger partial charge in [0, 0.05) is 24.7 Å². The van der Waals surface area contributed by atoms with Gasteiger partial charge in [-0.1, -0.05) is 44.9 Å². The molecule has 1 N–H and O–H groups in total. The second-order valence-electron chi connectivity index (χ2n) is 9.11. The van der Waals surface area contributed by atoms with Gasteiger partial charge in [0.25, 0.3) is 0 Å². The van der Waals surface area contributed by atoms with E-state index in [-0.39, 0.29) is 17.9 Å². The molecule has 0 spiro atoms. The number of amides is 2. The fourth-order valence-corrected chi connectivity index (χ4v) is 4.75. The van der Waals surface area contributed by atoms with Gasteiger partial charge in [-0.2, -0.15) is 0 Å². The van der Waals surface area contributed by atoms with Crippen molar-refractivity contribution in [3.63, 3.8) is 0 Å². The van der Waals surface area contributed by atoms with E-state index in [0.29, 0.717) is 11.8 Å². The van der Waals surface area contributed by atoms with Crippen LogP contribution in [0.25, 0.3) is 0 Å². The minimum atomic E-state index is -0.191. The van der Waals surface area contributed by atoms with Gasteiger partial charge in [0.1, 0.15) is 0 Å². The zero-order valence-corrected chi connectivity index (χ0v) is 19.0. The van der Waals surface area contributed by atoms with Gasteiger partial charge in [0.2, 0.25) is 11.8 Å². The monoisotopic (exact) mass is 413 g/mol. The van der Waals surface area contributed by atoms with Crippen molar-refractivity contribution in [3.05, 3.63) is 29.8 Å². The predicted molar refractivity (Wildman–Crippen MR) is 123 cm³/mol. The largest absolute Gasteiger partial charge is 0.342 e. The van der Waals surface area contributed by atoms with Crippen molar-refractivity contribution in [1.29, 1.82) is 0 Å². The highest BCUT2D eigenvalue weighted by Gasteiger charge is 2.32. The minimum Gasteiger partial charge on any atom is -0.342 e. The summed E-state index contributed by atoms with van der Waals surface area (Å²) in [5.41, 5.74) is 2.12. The molecule has 5 heteroatoms. The summed E-state index contributed by atoms with van der Waals surface area (Å²) >= 11 is 0. The van der Waals surface area contributed by atoms with Crippen LogP contribution in [-0.2, 0) is 9.59 Å². The lowest BCUT2D eigenvalue weighted by molar-refractivity contribution is -0.137. The number of anilines is 1. The number of para-hydroxylation sites is 1. The molecule has 2 aliphatic heterocycles. The number of rotatable bonds is 6. The van der Waals surface area contributed by atoms with Gasteiger partial charge in [-0.05, 0) is 69.7 Å². The molecule has 2 amide bonds. The molecule has 0 aromatic heterocycles. The molecule has 0 bridgehead atoms. The fraction of sp³-hybridized carbons (Fsp3) is 0.680. The molecule has 0 radical (unpaired) electrons. The van der Waals surface area contributed by atoms with Crippen LogP contribution in [-0.4, -0.2) is 53.8 Å². The summed E-state index contributed by atoms with van der Waals surface area (Å²) in [7, 11) is 0. The van der Waals surface area contributed by atoms with E-state index < -0.39 is 0 Å². The number of nitrogens with zero attached hydrogens (tertiary/aromatic N) is 2. The molecule has 166 valence electrons. The molecule has 1 aromatic carbocycles. The van der Waals surface area contributed by atoms with E-state index >= 15 is 0 Å². The van der Waals surface area contributed by atoms with Crippen LogP contribution in [0.1, 0.15) is 77.2 Å². The molecule has 0 aliphatic carbocycles. The summed E-state index contributed by atoms with van der Waals surface area (Å²) in [5, 5.41) is 3.16. The van der Waals surface area contributed by atoms with Crippen molar-refractivity contribution < 1.29 is 9.59 Å². The molecule has 2 atom stereocenters. The van der Waals surface area contributed by atoms with Gasteiger partial charge in [-0.3, -0.25) is 14.5 Å². The lowest BCUT2D eigenvalue weighted by Crippen LogP contribution is -2.48. The van der Waals surface area contributed by atoms with E-state index in [2.05, 4.69) is 35.0 Å². The summed E-state index contributed by atoms with van der Waals surface area (Å²) in [5.74, 6) is 0.928. The minimum absolute atomic E-state index is 0.0445. The van der Waals surface area contributed by atoms with E-state index in [4.69, 9.17) is 0 Å². The molecular formula is C25H39N3O2. The number of piperidine rings is 1. The highest BCUT2D eigenvalue weighted by atomic mass is 16.2. The molecule has 2 heterocycles. The smallest absolute Gasteiger partial charge is 0.241 e. The Morgan fingerprint density at radius 3 is 2.27 bits per heavy atom. The second-order valence-corrected chi connectivity index (χ2v) is 9.11. The Morgan fingerprint density at radius 1 is 1.00 bits per heavy atom. The van der Waals surface area contributed by atoms with E-state index in [1.807, 2.05) is 25.1 Å². The van der Waals surface area contributed by atoms with Gasteiger partial charge in [0.15, 0.2) is 0 Å². The number of hydrogen-bond acceptors (Lipinski definition) is 3.